The first-order chi connectivity index (χ1) is 11.5. The van der Waals surface area contributed by atoms with E-state index in [1.54, 1.807) is 11.9 Å². The minimum Gasteiger partial charge on any atom is -0.366 e. The van der Waals surface area contributed by atoms with Gasteiger partial charge >= 0.3 is 0 Å². The topological polar surface area (TPSA) is 67.9 Å². The molecule has 0 saturated carbocycles. The normalized spacial score (nSPS) is 12.1. The van der Waals surface area contributed by atoms with Crippen LogP contribution in [0.25, 0.3) is 0 Å². The third-order valence-electron chi connectivity index (χ3n) is 3.63. The number of hydrogen-bond donors (Lipinski definition) is 2. The summed E-state index contributed by atoms with van der Waals surface area (Å²) >= 11 is 4.12. The van der Waals surface area contributed by atoms with Crippen LogP contribution in [0, 0.1) is 0 Å². The fourth-order valence-corrected chi connectivity index (χ4v) is 2.16. The van der Waals surface area contributed by atoms with Crippen LogP contribution in [0.1, 0.15) is 53.9 Å². The Morgan fingerprint density at radius 2 is 1.80 bits per heavy atom. The third-order valence-corrected chi connectivity index (χ3v) is 5.50. The summed E-state index contributed by atoms with van der Waals surface area (Å²) in [5, 5.41) is 2.79. The zero-order valence-corrected chi connectivity index (χ0v) is 18.1. The van der Waals surface area contributed by atoms with E-state index in [2.05, 4.69) is 17.0 Å². The summed E-state index contributed by atoms with van der Waals surface area (Å²) in [4.78, 5) is 24.8. The second-order valence-corrected chi connectivity index (χ2v) is 8.81. The second-order valence-electron chi connectivity index (χ2n) is 7.10. The summed E-state index contributed by atoms with van der Waals surface area (Å²) in [6, 6.07) is 0. The van der Waals surface area contributed by atoms with Crippen molar-refractivity contribution in [2.75, 3.05) is 33.4 Å². The van der Waals surface area contributed by atoms with E-state index in [-0.39, 0.29) is 25.0 Å². The number of ether oxygens (including phenoxy) is 2. The molecule has 0 heterocycles. The lowest BCUT2D eigenvalue weighted by molar-refractivity contribution is -0.137. The SMILES string of the molecule is CCCNC(=O)COC(C)(C)CCCN(C)C(=O)COC(C)(C)SS. The Morgan fingerprint density at radius 3 is 2.36 bits per heavy atom. The van der Waals surface area contributed by atoms with Crippen molar-refractivity contribution in [3.05, 3.63) is 0 Å². The molecule has 0 rings (SSSR count). The predicted molar refractivity (Wildman–Crippen MR) is 107 cm³/mol. The molecule has 0 saturated heterocycles. The first-order valence-corrected chi connectivity index (χ1v) is 10.5. The van der Waals surface area contributed by atoms with Crippen LogP contribution in [0.2, 0.25) is 0 Å². The number of nitrogens with one attached hydrogen (secondary N) is 1. The molecule has 0 aliphatic carbocycles. The molecule has 0 bridgehead atoms. The van der Waals surface area contributed by atoms with E-state index in [0.717, 1.165) is 19.3 Å². The van der Waals surface area contributed by atoms with E-state index in [0.29, 0.717) is 13.1 Å². The van der Waals surface area contributed by atoms with Crippen molar-refractivity contribution in [2.45, 2.75) is 64.4 Å². The maximum absolute atomic E-state index is 12.1. The Kier molecular flexibility index (Phi) is 11.8. The summed E-state index contributed by atoms with van der Waals surface area (Å²) in [5.74, 6) is -0.155. The molecule has 0 unspecified atom stereocenters. The number of amides is 2. The van der Waals surface area contributed by atoms with Gasteiger partial charge in [-0.25, -0.2) is 0 Å². The molecular weight excluding hydrogens is 360 g/mol. The van der Waals surface area contributed by atoms with Gasteiger partial charge in [-0.05, 0) is 47.0 Å². The molecule has 0 aliphatic rings. The first kappa shape index (κ1) is 24.6. The van der Waals surface area contributed by atoms with E-state index in [9.17, 15) is 9.59 Å². The van der Waals surface area contributed by atoms with Crippen LogP contribution in [0.15, 0.2) is 0 Å². The lowest BCUT2D eigenvalue weighted by Gasteiger charge is -2.27. The van der Waals surface area contributed by atoms with Gasteiger partial charge in [-0.1, -0.05) is 17.7 Å². The van der Waals surface area contributed by atoms with Crippen molar-refractivity contribution < 1.29 is 19.1 Å². The van der Waals surface area contributed by atoms with Gasteiger partial charge in [0, 0.05) is 20.1 Å². The fourth-order valence-electron chi connectivity index (χ4n) is 1.89. The summed E-state index contributed by atoms with van der Waals surface area (Å²) < 4.78 is 11.2. The standard InChI is InChI=1S/C17H34N2O4S2/c1-7-10-18-14(20)12-22-16(2,3)9-8-11-19(6)15(21)13-23-17(4,5)25-24/h24H,7-13H2,1-6H3,(H,18,20). The zero-order chi connectivity index (χ0) is 19.5. The van der Waals surface area contributed by atoms with Gasteiger partial charge in [-0.3, -0.25) is 9.59 Å². The number of carbonyl (C=O) groups excluding carboxylic acids is 2. The van der Waals surface area contributed by atoms with Gasteiger partial charge in [-0.2, -0.15) is 0 Å². The molecule has 0 aromatic carbocycles. The Bertz CT molecular complexity index is 417. The quantitative estimate of drug-likeness (QED) is 0.286. The Morgan fingerprint density at radius 1 is 1.16 bits per heavy atom. The van der Waals surface area contributed by atoms with Gasteiger partial charge in [0.2, 0.25) is 11.8 Å². The summed E-state index contributed by atoms with van der Waals surface area (Å²) in [5.41, 5.74) is -0.408. The van der Waals surface area contributed by atoms with E-state index in [1.165, 1.54) is 10.8 Å². The monoisotopic (exact) mass is 394 g/mol. The maximum Gasteiger partial charge on any atom is 0.248 e. The van der Waals surface area contributed by atoms with Crippen molar-refractivity contribution in [1.82, 2.24) is 10.2 Å². The number of likely N-dealkylation sites (N-methyl/N-ethyl adjacent to an activating group) is 1. The van der Waals surface area contributed by atoms with Crippen LogP contribution in [-0.2, 0) is 19.1 Å². The molecule has 25 heavy (non-hydrogen) atoms. The van der Waals surface area contributed by atoms with E-state index < -0.39 is 10.5 Å². The van der Waals surface area contributed by atoms with E-state index >= 15 is 0 Å². The van der Waals surface area contributed by atoms with Crippen molar-refractivity contribution in [1.29, 1.82) is 0 Å². The Hall–Kier alpha value is -0.440. The molecule has 0 fully saturated rings. The molecular formula is C17H34N2O4S2. The van der Waals surface area contributed by atoms with E-state index in [1.807, 2.05) is 34.6 Å². The van der Waals surface area contributed by atoms with Crippen LogP contribution in [0.5, 0.6) is 0 Å². The molecule has 0 radical (unpaired) electrons. The Balaban J connectivity index is 4.05. The van der Waals surface area contributed by atoms with Crippen molar-refractivity contribution in [2.24, 2.45) is 0 Å². The third kappa shape index (κ3) is 12.5. The molecule has 0 aromatic rings. The van der Waals surface area contributed by atoms with Crippen molar-refractivity contribution >= 4 is 34.3 Å². The van der Waals surface area contributed by atoms with E-state index in [4.69, 9.17) is 9.47 Å². The highest BCUT2D eigenvalue weighted by Gasteiger charge is 2.22. The zero-order valence-electron chi connectivity index (χ0n) is 16.4. The average Bonchev–Trinajstić information content (AvgIpc) is 2.55. The van der Waals surface area contributed by atoms with Crippen LogP contribution in [0.3, 0.4) is 0 Å². The molecule has 148 valence electrons. The number of carbonyl (C=O) groups is 2. The Labute approximate surface area is 161 Å². The number of nitrogens with zero attached hydrogens (tertiary/aromatic N) is 1. The van der Waals surface area contributed by atoms with Gasteiger partial charge in [0.15, 0.2) is 0 Å². The number of rotatable bonds is 13. The molecule has 0 aliphatic heterocycles. The predicted octanol–water partition coefficient (Wildman–Crippen LogP) is 2.88. The fraction of sp³-hybridized carbons (Fsp3) is 0.882. The molecule has 1 N–H and O–H groups in total. The molecule has 0 atom stereocenters. The molecule has 2 amide bonds. The van der Waals surface area contributed by atoms with Crippen LogP contribution in [0.4, 0.5) is 0 Å². The van der Waals surface area contributed by atoms with Gasteiger partial charge < -0.3 is 19.7 Å². The highest BCUT2D eigenvalue weighted by atomic mass is 33.1. The minimum absolute atomic E-state index is 0.0363. The van der Waals surface area contributed by atoms with Gasteiger partial charge in [0.25, 0.3) is 0 Å². The summed E-state index contributed by atoms with van der Waals surface area (Å²) in [6.07, 6.45) is 2.45. The minimum atomic E-state index is -0.492. The number of hydrogen-bond acceptors (Lipinski definition) is 6. The largest absolute Gasteiger partial charge is 0.366 e. The van der Waals surface area contributed by atoms with Crippen LogP contribution < -0.4 is 5.32 Å². The van der Waals surface area contributed by atoms with Gasteiger partial charge in [0.1, 0.15) is 18.1 Å². The average molecular weight is 395 g/mol. The highest BCUT2D eigenvalue weighted by Crippen LogP contribution is 2.28. The van der Waals surface area contributed by atoms with Crippen molar-refractivity contribution in [3.8, 4) is 0 Å². The molecule has 6 nitrogen and oxygen atoms in total. The molecule has 0 spiro atoms. The van der Waals surface area contributed by atoms with Crippen LogP contribution >= 0.6 is 22.5 Å². The van der Waals surface area contributed by atoms with Gasteiger partial charge in [-0.15, -0.1) is 11.7 Å². The maximum atomic E-state index is 12.1. The first-order valence-electron chi connectivity index (χ1n) is 8.64. The lowest BCUT2D eigenvalue weighted by atomic mass is 10.0. The molecule has 0 aromatic heterocycles. The lowest BCUT2D eigenvalue weighted by Crippen LogP contribution is -2.36. The summed E-state index contributed by atoms with van der Waals surface area (Å²) in [6.45, 7) is 11.0. The van der Waals surface area contributed by atoms with Gasteiger partial charge in [0.05, 0.1) is 5.60 Å². The smallest absolute Gasteiger partial charge is 0.248 e. The highest BCUT2D eigenvalue weighted by molar-refractivity contribution is 8.69. The second kappa shape index (κ2) is 12.0. The summed E-state index contributed by atoms with van der Waals surface area (Å²) in [7, 11) is 3.03. The van der Waals surface area contributed by atoms with Crippen LogP contribution in [-0.4, -0.2) is 60.6 Å². The molecule has 8 heteroatoms. The number of thiol groups is 1. The van der Waals surface area contributed by atoms with Crippen molar-refractivity contribution in [3.63, 3.8) is 0 Å².